The minimum absolute atomic E-state index is 0.0785. The number of hydrogen-bond acceptors (Lipinski definition) is 4. The third kappa shape index (κ3) is 3.35. The maximum Gasteiger partial charge on any atom is 0.0953 e. The summed E-state index contributed by atoms with van der Waals surface area (Å²) >= 11 is 6.29. The van der Waals surface area contributed by atoms with Gasteiger partial charge in [0.1, 0.15) is 0 Å². The fourth-order valence-corrected chi connectivity index (χ4v) is 2.35. The molecule has 108 valence electrons. The van der Waals surface area contributed by atoms with E-state index in [4.69, 9.17) is 11.6 Å². The third-order valence-corrected chi connectivity index (χ3v) is 3.36. The highest BCUT2D eigenvalue weighted by molar-refractivity contribution is 6.31. The Morgan fingerprint density at radius 2 is 2.20 bits per heavy atom. The highest BCUT2D eigenvalue weighted by Crippen LogP contribution is 2.25. The standard InChI is InChI=1S/C14H20ClN5/c1-3-7-16-14(13-11(15)6-5-8-17-13)12-10-18-19-20(12)9-4-2/h5-6,8,10,14,16H,3-4,7,9H2,1-2H3. The number of hydrogen-bond donors (Lipinski definition) is 1. The largest absolute Gasteiger partial charge is 0.304 e. The second kappa shape index (κ2) is 7.36. The van der Waals surface area contributed by atoms with Gasteiger partial charge in [0.2, 0.25) is 0 Å². The fraction of sp³-hybridized carbons (Fsp3) is 0.500. The highest BCUT2D eigenvalue weighted by atomic mass is 35.5. The number of halogens is 1. The summed E-state index contributed by atoms with van der Waals surface area (Å²) in [5.74, 6) is 0. The van der Waals surface area contributed by atoms with Crippen molar-refractivity contribution in [3.63, 3.8) is 0 Å². The van der Waals surface area contributed by atoms with Crippen molar-refractivity contribution in [2.24, 2.45) is 0 Å². The van der Waals surface area contributed by atoms with Gasteiger partial charge >= 0.3 is 0 Å². The van der Waals surface area contributed by atoms with Crippen LogP contribution in [0, 0.1) is 0 Å². The number of nitrogens with zero attached hydrogens (tertiary/aromatic N) is 4. The third-order valence-electron chi connectivity index (χ3n) is 3.04. The van der Waals surface area contributed by atoms with Crippen LogP contribution in [-0.4, -0.2) is 26.5 Å². The molecule has 0 aliphatic carbocycles. The van der Waals surface area contributed by atoms with Crippen molar-refractivity contribution >= 4 is 11.6 Å². The summed E-state index contributed by atoms with van der Waals surface area (Å²) in [4.78, 5) is 4.43. The van der Waals surface area contributed by atoms with Crippen molar-refractivity contribution in [1.82, 2.24) is 25.3 Å². The van der Waals surface area contributed by atoms with Gasteiger partial charge in [0.25, 0.3) is 0 Å². The lowest BCUT2D eigenvalue weighted by Crippen LogP contribution is -2.27. The predicted octanol–water partition coefficient (Wildman–Crippen LogP) is 2.83. The molecular formula is C14H20ClN5. The van der Waals surface area contributed by atoms with Gasteiger partial charge in [-0.2, -0.15) is 0 Å². The molecule has 2 rings (SSSR count). The van der Waals surface area contributed by atoms with Crippen molar-refractivity contribution in [1.29, 1.82) is 0 Å². The van der Waals surface area contributed by atoms with Gasteiger partial charge in [-0.05, 0) is 31.5 Å². The Balaban J connectivity index is 2.37. The van der Waals surface area contributed by atoms with Crippen molar-refractivity contribution < 1.29 is 0 Å². The van der Waals surface area contributed by atoms with Crippen LogP contribution in [0.4, 0.5) is 0 Å². The molecule has 0 aliphatic rings. The second-order valence-corrected chi connectivity index (χ2v) is 5.05. The van der Waals surface area contributed by atoms with Crippen LogP contribution in [-0.2, 0) is 6.54 Å². The zero-order valence-electron chi connectivity index (χ0n) is 11.9. The number of pyridine rings is 1. The summed E-state index contributed by atoms with van der Waals surface area (Å²) in [7, 11) is 0. The molecule has 0 fully saturated rings. The predicted molar refractivity (Wildman–Crippen MR) is 79.7 cm³/mol. The van der Waals surface area contributed by atoms with E-state index >= 15 is 0 Å². The van der Waals surface area contributed by atoms with Crippen LogP contribution in [0.1, 0.15) is 44.1 Å². The van der Waals surface area contributed by atoms with Crippen molar-refractivity contribution in [3.05, 3.63) is 40.9 Å². The van der Waals surface area contributed by atoms with E-state index in [1.54, 1.807) is 12.4 Å². The smallest absolute Gasteiger partial charge is 0.0953 e. The maximum absolute atomic E-state index is 6.29. The molecule has 2 heterocycles. The summed E-state index contributed by atoms with van der Waals surface area (Å²) in [6.45, 7) is 5.97. The average Bonchev–Trinajstić information content (AvgIpc) is 2.90. The summed E-state index contributed by atoms with van der Waals surface area (Å²) in [5.41, 5.74) is 1.82. The van der Waals surface area contributed by atoms with E-state index in [0.717, 1.165) is 37.3 Å². The molecule has 6 heteroatoms. The lowest BCUT2D eigenvalue weighted by atomic mass is 10.1. The van der Waals surface area contributed by atoms with E-state index in [-0.39, 0.29) is 6.04 Å². The van der Waals surface area contributed by atoms with Gasteiger partial charge in [0.15, 0.2) is 0 Å². The first-order chi connectivity index (χ1) is 9.77. The molecule has 5 nitrogen and oxygen atoms in total. The fourth-order valence-electron chi connectivity index (χ4n) is 2.12. The van der Waals surface area contributed by atoms with Gasteiger partial charge in [-0.15, -0.1) is 5.10 Å². The minimum atomic E-state index is -0.0785. The monoisotopic (exact) mass is 293 g/mol. The van der Waals surface area contributed by atoms with Crippen LogP contribution in [0.2, 0.25) is 5.02 Å². The quantitative estimate of drug-likeness (QED) is 0.853. The molecule has 1 unspecified atom stereocenters. The van der Waals surface area contributed by atoms with Crippen LogP contribution in [0.3, 0.4) is 0 Å². The van der Waals surface area contributed by atoms with Crippen molar-refractivity contribution in [2.45, 2.75) is 39.3 Å². The Bertz CT molecular complexity index is 540. The van der Waals surface area contributed by atoms with E-state index < -0.39 is 0 Å². The van der Waals surface area contributed by atoms with Crippen LogP contribution in [0.15, 0.2) is 24.5 Å². The molecule has 0 aromatic carbocycles. The Labute approximate surface area is 124 Å². The lowest BCUT2D eigenvalue weighted by Gasteiger charge is -2.19. The van der Waals surface area contributed by atoms with E-state index in [1.165, 1.54) is 0 Å². The van der Waals surface area contributed by atoms with Gasteiger partial charge < -0.3 is 5.32 Å². The molecule has 2 aromatic rings. The second-order valence-electron chi connectivity index (χ2n) is 4.64. The summed E-state index contributed by atoms with van der Waals surface area (Å²) in [5, 5.41) is 12.3. The molecule has 1 N–H and O–H groups in total. The minimum Gasteiger partial charge on any atom is -0.304 e. The molecule has 0 radical (unpaired) electrons. The number of aromatic nitrogens is 4. The van der Waals surface area contributed by atoms with Crippen LogP contribution >= 0.6 is 11.6 Å². The van der Waals surface area contributed by atoms with Gasteiger partial charge in [0, 0.05) is 12.7 Å². The summed E-state index contributed by atoms with van der Waals surface area (Å²) in [6, 6.07) is 3.62. The van der Waals surface area contributed by atoms with E-state index in [2.05, 4.69) is 34.5 Å². The number of aryl methyl sites for hydroxylation is 1. The number of nitrogens with one attached hydrogen (secondary N) is 1. The molecule has 0 aliphatic heterocycles. The van der Waals surface area contributed by atoms with E-state index in [9.17, 15) is 0 Å². The zero-order chi connectivity index (χ0) is 14.4. The van der Waals surface area contributed by atoms with Crippen LogP contribution in [0.25, 0.3) is 0 Å². The topological polar surface area (TPSA) is 55.6 Å². The van der Waals surface area contributed by atoms with Crippen molar-refractivity contribution in [3.8, 4) is 0 Å². The molecule has 0 saturated heterocycles. The molecule has 0 saturated carbocycles. The van der Waals surface area contributed by atoms with E-state index in [1.807, 2.05) is 16.8 Å². The van der Waals surface area contributed by atoms with Gasteiger partial charge in [-0.3, -0.25) is 4.98 Å². The molecule has 0 amide bonds. The molecule has 20 heavy (non-hydrogen) atoms. The summed E-state index contributed by atoms with van der Waals surface area (Å²) in [6.07, 6.45) is 5.59. The summed E-state index contributed by atoms with van der Waals surface area (Å²) < 4.78 is 1.92. The van der Waals surface area contributed by atoms with Crippen molar-refractivity contribution in [2.75, 3.05) is 6.54 Å². The Morgan fingerprint density at radius 1 is 1.35 bits per heavy atom. The maximum atomic E-state index is 6.29. The average molecular weight is 294 g/mol. The lowest BCUT2D eigenvalue weighted by molar-refractivity contribution is 0.499. The Kier molecular flexibility index (Phi) is 5.49. The molecule has 1 atom stereocenters. The number of rotatable bonds is 7. The molecule has 2 aromatic heterocycles. The van der Waals surface area contributed by atoms with Crippen LogP contribution in [0.5, 0.6) is 0 Å². The highest BCUT2D eigenvalue weighted by Gasteiger charge is 2.21. The first-order valence-corrected chi connectivity index (χ1v) is 7.37. The first kappa shape index (κ1) is 14.9. The SMILES string of the molecule is CCCNC(c1ncccc1Cl)c1cnnn1CCC. The van der Waals surface area contributed by atoms with Gasteiger partial charge in [-0.25, -0.2) is 4.68 Å². The first-order valence-electron chi connectivity index (χ1n) is 7.00. The van der Waals surface area contributed by atoms with Crippen LogP contribution < -0.4 is 5.32 Å². The normalized spacial score (nSPS) is 12.6. The van der Waals surface area contributed by atoms with Gasteiger partial charge in [-0.1, -0.05) is 30.7 Å². The van der Waals surface area contributed by atoms with Gasteiger partial charge in [0.05, 0.1) is 28.6 Å². The Morgan fingerprint density at radius 3 is 2.90 bits per heavy atom. The molecular weight excluding hydrogens is 274 g/mol. The molecule has 0 spiro atoms. The Hall–Kier alpha value is -1.46. The molecule has 0 bridgehead atoms. The zero-order valence-corrected chi connectivity index (χ0v) is 12.6. The van der Waals surface area contributed by atoms with E-state index in [0.29, 0.717) is 5.02 Å².